The average molecular weight is 198 g/mol. The van der Waals surface area contributed by atoms with Crippen LogP contribution in [-0.2, 0) is 9.53 Å². The molecule has 0 heterocycles. The number of hydrogen-bond acceptors (Lipinski definition) is 2. The first-order chi connectivity index (χ1) is 6.41. The Bertz CT molecular complexity index is 266. The van der Waals surface area contributed by atoms with E-state index in [1.54, 1.807) is 7.11 Å². The lowest BCUT2D eigenvalue weighted by atomic mass is 10.1. The Kier molecular flexibility index (Phi) is 3.00. The molecule has 3 nitrogen and oxygen atoms in total. The Morgan fingerprint density at radius 3 is 2.50 bits per heavy atom. The average Bonchev–Trinajstić information content (AvgIpc) is 2.53. The zero-order valence-electron chi connectivity index (χ0n) is 9.20. The molecule has 0 aromatic rings. The summed E-state index contributed by atoms with van der Waals surface area (Å²) >= 11 is 0. The van der Waals surface area contributed by atoms with Gasteiger partial charge in [-0.2, -0.15) is 0 Å². The number of aliphatic carboxylic acids is 1. The summed E-state index contributed by atoms with van der Waals surface area (Å²) in [6, 6.07) is 0. The van der Waals surface area contributed by atoms with E-state index in [4.69, 9.17) is 9.84 Å². The molecule has 0 amide bonds. The smallest absolute Gasteiger partial charge is 0.307 e. The van der Waals surface area contributed by atoms with Crippen LogP contribution in [0.4, 0.5) is 0 Å². The second-order valence-electron chi connectivity index (χ2n) is 4.61. The van der Waals surface area contributed by atoms with Crippen molar-refractivity contribution in [2.75, 3.05) is 13.7 Å². The lowest BCUT2D eigenvalue weighted by molar-refractivity contribution is -0.139. The van der Waals surface area contributed by atoms with E-state index < -0.39 is 5.97 Å². The molecule has 80 valence electrons. The maximum absolute atomic E-state index is 10.9. The third kappa shape index (κ3) is 1.98. The minimum Gasteiger partial charge on any atom is -0.481 e. The van der Waals surface area contributed by atoms with Crippen LogP contribution in [0.25, 0.3) is 0 Å². The topological polar surface area (TPSA) is 46.5 Å². The Labute approximate surface area is 84.8 Å². The van der Waals surface area contributed by atoms with Crippen molar-refractivity contribution in [3.63, 3.8) is 0 Å². The Morgan fingerprint density at radius 1 is 1.57 bits per heavy atom. The summed E-state index contributed by atoms with van der Waals surface area (Å²) in [5.41, 5.74) is 1.01. The van der Waals surface area contributed by atoms with Crippen LogP contribution in [0.3, 0.4) is 0 Å². The van der Waals surface area contributed by atoms with Crippen molar-refractivity contribution in [3.05, 3.63) is 11.6 Å². The third-order valence-corrected chi connectivity index (χ3v) is 3.01. The molecule has 0 bridgehead atoms. The molecule has 0 aromatic heterocycles. The SMILES string of the molecule is COCC(C)=CC1C(C(=O)O)C1(C)C. The fourth-order valence-corrected chi connectivity index (χ4v) is 2.04. The molecule has 1 rings (SSSR count). The highest BCUT2D eigenvalue weighted by Crippen LogP contribution is 2.59. The standard InChI is InChI=1S/C11H18O3/c1-7(6-14-4)5-8-9(10(12)13)11(8,2)3/h5,8-9H,6H2,1-4H3,(H,12,13). The van der Waals surface area contributed by atoms with E-state index in [1.807, 2.05) is 26.8 Å². The van der Waals surface area contributed by atoms with E-state index in [1.165, 1.54) is 0 Å². The molecule has 2 unspecified atom stereocenters. The van der Waals surface area contributed by atoms with Crippen molar-refractivity contribution in [3.8, 4) is 0 Å². The van der Waals surface area contributed by atoms with Crippen LogP contribution in [0, 0.1) is 17.3 Å². The van der Waals surface area contributed by atoms with Gasteiger partial charge < -0.3 is 9.84 Å². The van der Waals surface area contributed by atoms with E-state index in [-0.39, 0.29) is 17.3 Å². The summed E-state index contributed by atoms with van der Waals surface area (Å²) in [7, 11) is 1.64. The number of carbonyl (C=O) groups is 1. The summed E-state index contributed by atoms with van der Waals surface area (Å²) in [6.45, 7) is 6.54. The van der Waals surface area contributed by atoms with Crippen molar-refractivity contribution < 1.29 is 14.6 Å². The van der Waals surface area contributed by atoms with Gasteiger partial charge in [0.25, 0.3) is 0 Å². The van der Waals surface area contributed by atoms with Crippen molar-refractivity contribution in [1.82, 2.24) is 0 Å². The number of hydrogen-bond donors (Lipinski definition) is 1. The van der Waals surface area contributed by atoms with Crippen LogP contribution < -0.4 is 0 Å². The maximum atomic E-state index is 10.9. The molecule has 1 saturated carbocycles. The van der Waals surface area contributed by atoms with Gasteiger partial charge in [0.15, 0.2) is 0 Å². The molecule has 0 spiro atoms. The van der Waals surface area contributed by atoms with Gasteiger partial charge in [0.1, 0.15) is 0 Å². The molecule has 1 aliphatic carbocycles. The molecule has 0 aromatic carbocycles. The second-order valence-corrected chi connectivity index (χ2v) is 4.61. The molecular formula is C11H18O3. The summed E-state index contributed by atoms with van der Waals surface area (Å²) in [4.78, 5) is 10.9. The van der Waals surface area contributed by atoms with E-state index in [0.717, 1.165) is 5.57 Å². The second kappa shape index (κ2) is 3.73. The number of methoxy groups -OCH3 is 1. The molecule has 2 atom stereocenters. The van der Waals surface area contributed by atoms with Gasteiger partial charge in [-0.25, -0.2) is 0 Å². The lowest BCUT2D eigenvalue weighted by Gasteiger charge is -2.00. The fraction of sp³-hybridized carbons (Fsp3) is 0.727. The molecule has 1 fully saturated rings. The highest BCUT2D eigenvalue weighted by atomic mass is 16.5. The highest BCUT2D eigenvalue weighted by Gasteiger charge is 2.60. The van der Waals surface area contributed by atoms with Crippen molar-refractivity contribution in [2.24, 2.45) is 17.3 Å². The monoisotopic (exact) mass is 198 g/mol. The predicted octanol–water partition coefficient (Wildman–Crippen LogP) is 1.94. The van der Waals surface area contributed by atoms with E-state index in [2.05, 4.69) is 0 Å². The fourth-order valence-electron chi connectivity index (χ4n) is 2.04. The first kappa shape index (κ1) is 11.2. The van der Waals surface area contributed by atoms with Crippen molar-refractivity contribution in [1.29, 1.82) is 0 Å². The molecule has 1 N–H and O–H groups in total. The minimum absolute atomic E-state index is 0.0964. The zero-order valence-corrected chi connectivity index (χ0v) is 9.20. The molecular weight excluding hydrogens is 180 g/mol. The number of allylic oxidation sites excluding steroid dienone is 1. The Balaban J connectivity index is 2.65. The number of ether oxygens (including phenoxy) is 1. The third-order valence-electron chi connectivity index (χ3n) is 3.01. The van der Waals surface area contributed by atoms with Gasteiger partial charge in [0.2, 0.25) is 0 Å². The quantitative estimate of drug-likeness (QED) is 0.702. The van der Waals surface area contributed by atoms with Gasteiger partial charge in [-0.05, 0) is 18.3 Å². The number of carboxylic acids is 1. The van der Waals surface area contributed by atoms with Gasteiger partial charge in [0, 0.05) is 7.11 Å². The van der Waals surface area contributed by atoms with Crippen molar-refractivity contribution >= 4 is 5.97 Å². The van der Waals surface area contributed by atoms with Crippen LogP contribution in [0.1, 0.15) is 20.8 Å². The maximum Gasteiger partial charge on any atom is 0.307 e. The highest BCUT2D eigenvalue weighted by molar-refractivity contribution is 5.76. The molecule has 0 radical (unpaired) electrons. The van der Waals surface area contributed by atoms with Gasteiger partial charge >= 0.3 is 5.97 Å². The predicted molar refractivity (Wildman–Crippen MR) is 54.0 cm³/mol. The normalized spacial score (nSPS) is 30.1. The van der Waals surface area contributed by atoms with Crippen molar-refractivity contribution in [2.45, 2.75) is 20.8 Å². The molecule has 1 aliphatic rings. The number of carboxylic acid groups (broad SMARTS) is 1. The summed E-state index contributed by atoms with van der Waals surface area (Å²) in [6.07, 6.45) is 2.03. The van der Waals surface area contributed by atoms with Crippen LogP contribution in [0.15, 0.2) is 11.6 Å². The van der Waals surface area contributed by atoms with Crippen LogP contribution in [0.5, 0.6) is 0 Å². The number of rotatable bonds is 4. The van der Waals surface area contributed by atoms with E-state index in [9.17, 15) is 4.79 Å². The summed E-state index contributed by atoms with van der Waals surface area (Å²) in [5.74, 6) is -0.758. The lowest BCUT2D eigenvalue weighted by Crippen LogP contribution is -2.03. The van der Waals surface area contributed by atoms with E-state index in [0.29, 0.717) is 6.61 Å². The van der Waals surface area contributed by atoms with Crippen LogP contribution in [-0.4, -0.2) is 24.8 Å². The van der Waals surface area contributed by atoms with Gasteiger partial charge in [-0.15, -0.1) is 0 Å². The molecule has 14 heavy (non-hydrogen) atoms. The molecule has 0 aliphatic heterocycles. The summed E-state index contributed by atoms with van der Waals surface area (Å²) in [5, 5.41) is 8.94. The largest absolute Gasteiger partial charge is 0.481 e. The Hall–Kier alpha value is -0.830. The first-order valence-electron chi connectivity index (χ1n) is 4.80. The van der Waals surface area contributed by atoms with Crippen LogP contribution in [0.2, 0.25) is 0 Å². The summed E-state index contributed by atoms with van der Waals surface area (Å²) < 4.78 is 4.98. The van der Waals surface area contributed by atoms with Gasteiger partial charge in [0.05, 0.1) is 12.5 Å². The molecule has 0 saturated heterocycles. The Morgan fingerprint density at radius 2 is 2.14 bits per heavy atom. The molecule has 3 heteroatoms. The first-order valence-corrected chi connectivity index (χ1v) is 4.80. The van der Waals surface area contributed by atoms with Gasteiger partial charge in [-0.1, -0.05) is 25.5 Å². The van der Waals surface area contributed by atoms with E-state index >= 15 is 0 Å². The zero-order chi connectivity index (χ0) is 10.9. The minimum atomic E-state index is -0.693. The van der Waals surface area contributed by atoms with Gasteiger partial charge in [-0.3, -0.25) is 4.79 Å². The van der Waals surface area contributed by atoms with Crippen LogP contribution >= 0.6 is 0 Å².